The molecule has 10 nitrogen and oxygen atoms in total. The number of carbonyl (C=O) groups excluding carboxylic acids is 2. The Morgan fingerprint density at radius 1 is 0.956 bits per heavy atom. The summed E-state index contributed by atoms with van der Waals surface area (Å²) < 4.78 is 5.60. The predicted octanol–water partition coefficient (Wildman–Crippen LogP) is 6.50. The molecule has 4 aromatic rings. The number of halogens is 1. The van der Waals surface area contributed by atoms with Gasteiger partial charge in [-0.05, 0) is 35.4 Å². The van der Waals surface area contributed by atoms with Crippen LogP contribution in [0.5, 0.6) is 0 Å². The van der Waals surface area contributed by atoms with Gasteiger partial charge in [0, 0.05) is 22.8 Å². The number of ether oxygens (including phenoxy) is 1. The summed E-state index contributed by atoms with van der Waals surface area (Å²) in [6.45, 7) is 0.923. The fourth-order valence-electron chi connectivity index (χ4n) is 5.48. The second-order valence-electron chi connectivity index (χ2n) is 10.6. The number of quaternary nitrogens is 1. The molecule has 4 aromatic carbocycles. The van der Waals surface area contributed by atoms with Gasteiger partial charge in [0.1, 0.15) is 6.54 Å². The molecule has 3 amide bonds. The minimum absolute atomic E-state index is 0.117. The van der Waals surface area contributed by atoms with Crippen LogP contribution in [0.1, 0.15) is 22.7 Å². The van der Waals surface area contributed by atoms with Crippen LogP contribution in [-0.4, -0.2) is 52.2 Å². The zero-order valence-electron chi connectivity index (χ0n) is 24.4. The number of anilines is 1. The molecule has 0 spiro atoms. The Morgan fingerprint density at radius 2 is 1.56 bits per heavy atom. The molecule has 5 rings (SSSR count). The van der Waals surface area contributed by atoms with Gasteiger partial charge in [0.05, 0.1) is 19.4 Å². The van der Waals surface area contributed by atoms with E-state index in [1.807, 2.05) is 95.9 Å². The number of nitriles is 1. The Bertz CT molecular complexity index is 1640. The number of hydrazine groups is 1. The van der Waals surface area contributed by atoms with Crippen molar-refractivity contribution >= 4 is 35.8 Å². The quantitative estimate of drug-likeness (QED) is 0.0644. The SMILES string of the molecule is N#C[N+]1(C(=O)Nc2ccc(Cl)cc2)CCN(Cc2ccccc2)C(OC(=O)N(Cc2ccccc2)NC=N)C1c1ccccc1. The fourth-order valence-corrected chi connectivity index (χ4v) is 5.61. The maximum atomic E-state index is 14.2. The minimum atomic E-state index is -1.05. The van der Waals surface area contributed by atoms with E-state index in [1.165, 1.54) is 5.01 Å². The van der Waals surface area contributed by atoms with Crippen molar-refractivity contribution in [3.63, 3.8) is 0 Å². The summed E-state index contributed by atoms with van der Waals surface area (Å²) in [5, 5.41) is 23.0. The highest BCUT2D eigenvalue weighted by Crippen LogP contribution is 2.40. The number of nitrogens with one attached hydrogen (secondary N) is 3. The molecule has 228 valence electrons. The molecule has 0 saturated carbocycles. The van der Waals surface area contributed by atoms with Gasteiger partial charge in [-0.15, -0.1) is 9.74 Å². The van der Waals surface area contributed by atoms with Gasteiger partial charge in [-0.1, -0.05) is 103 Å². The number of piperazine rings is 1. The molecule has 0 radical (unpaired) electrons. The average Bonchev–Trinajstić information content (AvgIpc) is 3.07. The van der Waals surface area contributed by atoms with E-state index in [2.05, 4.69) is 16.9 Å². The van der Waals surface area contributed by atoms with E-state index < -0.39 is 28.9 Å². The Labute approximate surface area is 267 Å². The van der Waals surface area contributed by atoms with E-state index in [9.17, 15) is 14.9 Å². The van der Waals surface area contributed by atoms with Gasteiger partial charge < -0.3 is 4.74 Å². The van der Waals surface area contributed by atoms with Crippen molar-refractivity contribution in [2.75, 3.05) is 18.4 Å². The Morgan fingerprint density at radius 3 is 2.16 bits per heavy atom. The maximum Gasteiger partial charge on any atom is 0.436 e. The summed E-state index contributed by atoms with van der Waals surface area (Å²) in [5.74, 6) is 0. The second-order valence-corrected chi connectivity index (χ2v) is 11.0. The number of hydrogen-bond donors (Lipinski definition) is 3. The molecule has 1 aliphatic heterocycles. The third-order valence-electron chi connectivity index (χ3n) is 7.70. The van der Waals surface area contributed by atoms with Crippen LogP contribution in [0.25, 0.3) is 0 Å². The minimum Gasteiger partial charge on any atom is -0.422 e. The van der Waals surface area contributed by atoms with E-state index in [-0.39, 0.29) is 19.6 Å². The van der Waals surface area contributed by atoms with Crippen molar-refractivity contribution in [3.8, 4) is 6.19 Å². The predicted molar refractivity (Wildman–Crippen MR) is 171 cm³/mol. The molecule has 0 bridgehead atoms. The summed E-state index contributed by atoms with van der Waals surface area (Å²) in [6.07, 6.45) is 1.39. The summed E-state index contributed by atoms with van der Waals surface area (Å²) in [6, 6.07) is 33.4. The number of rotatable bonds is 9. The summed E-state index contributed by atoms with van der Waals surface area (Å²) in [5.41, 5.74) is 5.58. The molecule has 45 heavy (non-hydrogen) atoms. The molecule has 3 atom stereocenters. The zero-order chi connectivity index (χ0) is 31.6. The molecule has 1 heterocycles. The Balaban J connectivity index is 1.56. The molecule has 0 aliphatic carbocycles. The van der Waals surface area contributed by atoms with Gasteiger partial charge in [-0.2, -0.15) is 0 Å². The number of amides is 3. The molecule has 1 fully saturated rings. The fraction of sp³-hybridized carbons (Fsp3) is 0.176. The molecular formula is C34H33ClN7O3+. The number of benzene rings is 4. The molecular weight excluding hydrogens is 590 g/mol. The zero-order valence-corrected chi connectivity index (χ0v) is 25.2. The highest BCUT2D eigenvalue weighted by Gasteiger charge is 2.57. The third kappa shape index (κ3) is 7.30. The van der Waals surface area contributed by atoms with Crippen LogP contribution in [-0.2, 0) is 17.8 Å². The molecule has 3 unspecified atom stereocenters. The maximum absolute atomic E-state index is 14.2. The van der Waals surface area contributed by atoms with Gasteiger partial charge >= 0.3 is 18.3 Å². The van der Waals surface area contributed by atoms with Crippen molar-refractivity contribution in [2.24, 2.45) is 0 Å². The first-order valence-corrected chi connectivity index (χ1v) is 14.8. The van der Waals surface area contributed by atoms with Gasteiger partial charge in [0.15, 0.2) is 6.04 Å². The molecule has 1 aliphatic rings. The van der Waals surface area contributed by atoms with Crippen LogP contribution in [0.4, 0.5) is 15.3 Å². The Kier molecular flexibility index (Phi) is 10.1. The van der Waals surface area contributed by atoms with Gasteiger partial charge in [0.2, 0.25) is 6.23 Å². The lowest BCUT2D eigenvalue weighted by Gasteiger charge is -2.47. The van der Waals surface area contributed by atoms with E-state index >= 15 is 0 Å². The van der Waals surface area contributed by atoms with E-state index in [0.29, 0.717) is 22.8 Å². The van der Waals surface area contributed by atoms with Crippen molar-refractivity contribution in [3.05, 3.63) is 137 Å². The average molecular weight is 623 g/mol. The Hall–Kier alpha value is -5.21. The summed E-state index contributed by atoms with van der Waals surface area (Å²) >= 11 is 6.06. The first-order valence-electron chi connectivity index (χ1n) is 14.4. The molecule has 3 N–H and O–H groups in total. The first-order chi connectivity index (χ1) is 21.9. The lowest BCUT2D eigenvalue weighted by Crippen LogP contribution is -2.67. The van der Waals surface area contributed by atoms with Crippen LogP contribution in [0.15, 0.2) is 115 Å². The lowest BCUT2D eigenvalue weighted by atomic mass is 9.97. The van der Waals surface area contributed by atoms with Crippen LogP contribution in [0.3, 0.4) is 0 Å². The molecule has 11 heteroatoms. The van der Waals surface area contributed by atoms with E-state index in [0.717, 1.165) is 17.5 Å². The first kappa shape index (κ1) is 31.2. The van der Waals surface area contributed by atoms with Crippen molar-refractivity contribution in [2.45, 2.75) is 25.4 Å². The van der Waals surface area contributed by atoms with Gasteiger partial charge in [-0.3, -0.25) is 21.1 Å². The smallest absolute Gasteiger partial charge is 0.422 e. The summed E-state index contributed by atoms with van der Waals surface area (Å²) in [4.78, 5) is 30.0. The van der Waals surface area contributed by atoms with Crippen molar-refractivity contribution < 1.29 is 18.8 Å². The van der Waals surface area contributed by atoms with E-state index in [4.69, 9.17) is 21.7 Å². The largest absolute Gasteiger partial charge is 0.436 e. The number of nitrogens with zero attached hydrogens (tertiary/aromatic N) is 4. The standard InChI is InChI=1S/C34H32ClN7O3/c35-29-16-18-30(19-17-29)39-33(43)42(25-37)21-20-40(22-26-10-4-1-5-11-26)32(31(42)28-14-8-3-9-15-28)45-34(44)41(38-24-36)23-27-12-6-2-7-13-27/h1-19,24,31-32H,20-23H2,(H2-,36,38,39,43)/p+1. The molecule has 1 saturated heterocycles. The monoisotopic (exact) mass is 622 g/mol. The van der Waals surface area contributed by atoms with Crippen LogP contribution < -0.4 is 10.7 Å². The third-order valence-corrected chi connectivity index (χ3v) is 7.95. The second kappa shape index (κ2) is 14.5. The number of urea groups is 1. The van der Waals surface area contributed by atoms with Crippen LogP contribution >= 0.6 is 11.6 Å². The lowest BCUT2D eigenvalue weighted by molar-refractivity contribution is -0.831. The van der Waals surface area contributed by atoms with Gasteiger partial charge in [-0.25, -0.2) is 14.6 Å². The van der Waals surface area contributed by atoms with Crippen LogP contribution in [0.2, 0.25) is 5.02 Å². The highest BCUT2D eigenvalue weighted by atomic mass is 35.5. The number of hydrogen-bond acceptors (Lipinski definition) is 6. The van der Waals surface area contributed by atoms with E-state index in [1.54, 1.807) is 24.3 Å². The normalized spacial score (nSPS) is 19.5. The van der Waals surface area contributed by atoms with Crippen molar-refractivity contribution in [1.82, 2.24) is 15.3 Å². The van der Waals surface area contributed by atoms with Gasteiger partial charge in [0.25, 0.3) is 0 Å². The molecule has 0 aromatic heterocycles. The highest BCUT2D eigenvalue weighted by molar-refractivity contribution is 6.30. The van der Waals surface area contributed by atoms with Crippen molar-refractivity contribution in [1.29, 1.82) is 10.7 Å². The topological polar surface area (TPSA) is 122 Å². The number of carbonyl (C=O) groups is 2. The van der Waals surface area contributed by atoms with Crippen LogP contribution in [0, 0.1) is 16.9 Å². The summed E-state index contributed by atoms with van der Waals surface area (Å²) in [7, 11) is 0.